The zero-order chi connectivity index (χ0) is 9.78. The number of rotatable bonds is 4. The third-order valence-electron chi connectivity index (χ3n) is 1.96. The van der Waals surface area contributed by atoms with E-state index in [1.54, 1.807) is 13.8 Å². The number of urea groups is 1. The molecule has 0 aromatic carbocycles. The summed E-state index contributed by atoms with van der Waals surface area (Å²) in [5.41, 5.74) is 4.94. The van der Waals surface area contributed by atoms with Gasteiger partial charge in [-0.3, -0.25) is 0 Å². The van der Waals surface area contributed by atoms with E-state index < -0.39 is 11.8 Å². The lowest BCUT2D eigenvalue weighted by Gasteiger charge is -2.32. The van der Waals surface area contributed by atoms with Gasteiger partial charge >= 0.3 is 6.03 Å². The number of nitrogens with two attached hydrogens (primary N) is 1. The fourth-order valence-electron chi connectivity index (χ4n) is 0.781. The van der Waals surface area contributed by atoms with E-state index in [9.17, 15) is 4.79 Å². The molecule has 5 heteroatoms. The summed E-state index contributed by atoms with van der Waals surface area (Å²) in [7, 11) is 3.01. The van der Waals surface area contributed by atoms with E-state index in [4.69, 9.17) is 15.2 Å². The van der Waals surface area contributed by atoms with Crippen LogP contribution in [0.5, 0.6) is 0 Å². The summed E-state index contributed by atoms with van der Waals surface area (Å²) in [5, 5.41) is 2.47. The molecule has 5 nitrogen and oxygen atoms in total. The number of carbonyl (C=O) groups is 1. The average Bonchev–Trinajstić information content (AvgIpc) is 2.02. The molecule has 0 aliphatic heterocycles. The number of hydrogen-bond acceptors (Lipinski definition) is 3. The molecule has 0 rings (SSSR count). The molecule has 2 amide bonds. The van der Waals surface area contributed by atoms with Gasteiger partial charge in [-0.1, -0.05) is 0 Å². The monoisotopic (exact) mass is 176 g/mol. The van der Waals surface area contributed by atoms with Crippen LogP contribution in [0.4, 0.5) is 4.79 Å². The summed E-state index contributed by atoms with van der Waals surface area (Å²) >= 11 is 0. The Labute approximate surface area is 72.2 Å². The summed E-state index contributed by atoms with van der Waals surface area (Å²) in [6.07, 6.45) is 0. The van der Waals surface area contributed by atoms with E-state index in [-0.39, 0.29) is 6.04 Å². The Hall–Kier alpha value is -0.810. The number of primary amides is 1. The molecule has 12 heavy (non-hydrogen) atoms. The van der Waals surface area contributed by atoms with Crippen LogP contribution in [0.3, 0.4) is 0 Å². The molecule has 0 bridgehead atoms. The Bertz CT molecular complexity index is 157. The van der Waals surface area contributed by atoms with Gasteiger partial charge in [-0.25, -0.2) is 4.79 Å². The Balaban J connectivity index is 4.20. The van der Waals surface area contributed by atoms with Gasteiger partial charge in [0, 0.05) is 14.2 Å². The minimum Gasteiger partial charge on any atom is -0.352 e. The molecular formula is C7H16N2O3. The molecule has 0 aromatic heterocycles. The van der Waals surface area contributed by atoms with E-state index in [1.165, 1.54) is 14.2 Å². The van der Waals surface area contributed by atoms with Crippen molar-refractivity contribution in [3.05, 3.63) is 0 Å². The van der Waals surface area contributed by atoms with Crippen LogP contribution in [-0.4, -0.2) is 32.1 Å². The Morgan fingerprint density at radius 3 is 2.17 bits per heavy atom. The molecule has 3 N–H and O–H groups in total. The second-order valence-electron chi connectivity index (χ2n) is 2.65. The summed E-state index contributed by atoms with van der Waals surface area (Å²) < 4.78 is 10.1. The van der Waals surface area contributed by atoms with Gasteiger partial charge < -0.3 is 20.5 Å². The minimum absolute atomic E-state index is 0.301. The molecule has 0 heterocycles. The number of carbonyl (C=O) groups excluding carboxylic acids is 1. The zero-order valence-electron chi connectivity index (χ0n) is 7.88. The molecule has 0 saturated carbocycles. The zero-order valence-corrected chi connectivity index (χ0v) is 7.88. The van der Waals surface area contributed by atoms with Crippen molar-refractivity contribution in [1.82, 2.24) is 5.32 Å². The summed E-state index contributed by atoms with van der Waals surface area (Å²) in [4.78, 5) is 10.5. The fourth-order valence-corrected chi connectivity index (χ4v) is 0.781. The quantitative estimate of drug-likeness (QED) is 0.594. The Kier molecular flexibility index (Phi) is 3.99. The first-order valence-corrected chi connectivity index (χ1v) is 3.62. The standard InChI is InChI=1S/C7H16N2O3/c1-5(9-6(8)10)7(2,11-3)12-4/h5H,1-4H3,(H3,8,9,10). The first-order chi connectivity index (χ1) is 5.46. The molecule has 0 radical (unpaired) electrons. The lowest BCUT2D eigenvalue weighted by molar-refractivity contribution is -0.207. The van der Waals surface area contributed by atoms with Crippen molar-refractivity contribution >= 4 is 6.03 Å². The molecule has 0 aromatic rings. The number of methoxy groups -OCH3 is 2. The van der Waals surface area contributed by atoms with Crippen LogP contribution in [-0.2, 0) is 9.47 Å². The first-order valence-electron chi connectivity index (χ1n) is 3.62. The minimum atomic E-state index is -0.838. The van der Waals surface area contributed by atoms with Crippen molar-refractivity contribution in [3.8, 4) is 0 Å². The van der Waals surface area contributed by atoms with Crippen LogP contribution in [0, 0.1) is 0 Å². The number of ether oxygens (including phenoxy) is 2. The lowest BCUT2D eigenvalue weighted by atomic mass is 10.1. The first kappa shape index (κ1) is 11.2. The smallest absolute Gasteiger partial charge is 0.312 e. The third kappa shape index (κ3) is 2.67. The molecule has 1 unspecified atom stereocenters. The van der Waals surface area contributed by atoms with Crippen LogP contribution in [0.2, 0.25) is 0 Å². The van der Waals surface area contributed by atoms with Crippen LogP contribution in [0.25, 0.3) is 0 Å². The van der Waals surface area contributed by atoms with Gasteiger partial charge in [0.25, 0.3) is 0 Å². The van der Waals surface area contributed by atoms with Crippen molar-refractivity contribution in [2.45, 2.75) is 25.7 Å². The highest BCUT2D eigenvalue weighted by atomic mass is 16.7. The highest BCUT2D eigenvalue weighted by Gasteiger charge is 2.31. The Morgan fingerprint density at radius 2 is 1.92 bits per heavy atom. The van der Waals surface area contributed by atoms with Crippen molar-refractivity contribution in [3.63, 3.8) is 0 Å². The maximum atomic E-state index is 10.5. The summed E-state index contributed by atoms with van der Waals surface area (Å²) in [5.74, 6) is -0.838. The predicted octanol–water partition coefficient (Wildman–Crippen LogP) is 0.0522. The van der Waals surface area contributed by atoms with Crippen LogP contribution in [0.1, 0.15) is 13.8 Å². The molecule has 0 spiro atoms. The van der Waals surface area contributed by atoms with Gasteiger partial charge in [0.15, 0.2) is 5.79 Å². The molecule has 0 fully saturated rings. The normalized spacial score (nSPS) is 14.0. The Morgan fingerprint density at radius 1 is 1.50 bits per heavy atom. The van der Waals surface area contributed by atoms with Crippen LogP contribution >= 0.6 is 0 Å². The second-order valence-corrected chi connectivity index (χ2v) is 2.65. The molecule has 0 aliphatic carbocycles. The van der Waals surface area contributed by atoms with Crippen LogP contribution < -0.4 is 11.1 Å². The van der Waals surface area contributed by atoms with E-state index in [0.29, 0.717) is 0 Å². The highest BCUT2D eigenvalue weighted by Crippen LogP contribution is 2.14. The SMILES string of the molecule is COC(C)(OC)C(C)NC(N)=O. The fraction of sp³-hybridized carbons (Fsp3) is 0.857. The molecular weight excluding hydrogens is 160 g/mol. The van der Waals surface area contributed by atoms with E-state index in [1.807, 2.05) is 0 Å². The summed E-state index contributed by atoms with van der Waals surface area (Å²) in [6, 6.07) is -0.896. The van der Waals surface area contributed by atoms with Gasteiger partial charge in [0.1, 0.15) is 0 Å². The number of amides is 2. The molecule has 0 aliphatic rings. The van der Waals surface area contributed by atoms with E-state index >= 15 is 0 Å². The lowest BCUT2D eigenvalue weighted by Crippen LogP contribution is -2.52. The average molecular weight is 176 g/mol. The number of hydrogen-bond donors (Lipinski definition) is 2. The third-order valence-corrected chi connectivity index (χ3v) is 1.96. The van der Waals surface area contributed by atoms with Crippen molar-refractivity contribution in [2.75, 3.05) is 14.2 Å². The van der Waals surface area contributed by atoms with Gasteiger partial charge in [-0.15, -0.1) is 0 Å². The largest absolute Gasteiger partial charge is 0.352 e. The summed E-state index contributed by atoms with van der Waals surface area (Å²) in [6.45, 7) is 3.46. The maximum Gasteiger partial charge on any atom is 0.312 e. The van der Waals surface area contributed by atoms with Crippen molar-refractivity contribution in [2.24, 2.45) is 5.73 Å². The maximum absolute atomic E-state index is 10.5. The second kappa shape index (κ2) is 4.27. The predicted molar refractivity (Wildman–Crippen MR) is 44.6 cm³/mol. The number of nitrogens with one attached hydrogen (secondary N) is 1. The van der Waals surface area contributed by atoms with E-state index in [0.717, 1.165) is 0 Å². The van der Waals surface area contributed by atoms with Gasteiger partial charge in [-0.05, 0) is 13.8 Å². The van der Waals surface area contributed by atoms with E-state index in [2.05, 4.69) is 5.32 Å². The molecule has 0 saturated heterocycles. The highest BCUT2D eigenvalue weighted by molar-refractivity contribution is 5.72. The molecule has 72 valence electrons. The molecule has 1 atom stereocenters. The van der Waals surface area contributed by atoms with Gasteiger partial charge in [0.2, 0.25) is 0 Å². The van der Waals surface area contributed by atoms with Crippen LogP contribution in [0.15, 0.2) is 0 Å². The van der Waals surface area contributed by atoms with Gasteiger partial charge in [-0.2, -0.15) is 0 Å². The van der Waals surface area contributed by atoms with Crippen molar-refractivity contribution in [1.29, 1.82) is 0 Å². The van der Waals surface area contributed by atoms with Crippen molar-refractivity contribution < 1.29 is 14.3 Å². The van der Waals surface area contributed by atoms with Gasteiger partial charge in [0.05, 0.1) is 6.04 Å². The topological polar surface area (TPSA) is 73.6 Å².